The lowest BCUT2D eigenvalue weighted by molar-refractivity contribution is -0.171. The van der Waals surface area contributed by atoms with Crippen molar-refractivity contribution >= 4 is 29.3 Å². The number of fused-ring (bicyclic) bond motifs is 1. The Kier molecular flexibility index (Phi) is 6.39. The number of hydrogen-bond acceptors (Lipinski definition) is 7. The largest absolute Gasteiger partial charge is 0.465 e. The summed E-state index contributed by atoms with van der Waals surface area (Å²) in [7, 11) is 0. The van der Waals surface area contributed by atoms with Crippen molar-refractivity contribution in [2.24, 2.45) is 11.3 Å². The normalized spacial score (nSPS) is 19.4. The monoisotopic (exact) mass is 414 g/mol. The molecule has 1 unspecified atom stereocenters. The summed E-state index contributed by atoms with van der Waals surface area (Å²) in [5, 5.41) is 0. The van der Waals surface area contributed by atoms with Crippen LogP contribution in [0.25, 0.3) is 5.57 Å². The van der Waals surface area contributed by atoms with E-state index < -0.39 is 23.3 Å². The molecule has 0 aromatic heterocycles. The van der Waals surface area contributed by atoms with Crippen LogP contribution < -0.4 is 0 Å². The number of carbonyl (C=O) groups is 4. The summed E-state index contributed by atoms with van der Waals surface area (Å²) in [5.74, 6) is -1.86. The molecule has 1 saturated carbocycles. The van der Waals surface area contributed by atoms with Gasteiger partial charge in [-0.2, -0.15) is 0 Å². The number of rotatable bonds is 7. The molecule has 0 radical (unpaired) electrons. The second kappa shape index (κ2) is 8.81. The Hall–Kier alpha value is -2.96. The van der Waals surface area contributed by atoms with Crippen LogP contribution in [-0.2, 0) is 28.6 Å². The van der Waals surface area contributed by atoms with E-state index in [9.17, 15) is 19.2 Å². The van der Waals surface area contributed by atoms with Crippen LogP contribution in [0.5, 0.6) is 0 Å². The third-order valence-corrected chi connectivity index (χ3v) is 5.63. The molecule has 1 aromatic rings. The zero-order valence-corrected chi connectivity index (χ0v) is 17.5. The quantitative estimate of drug-likeness (QED) is 0.384. The van der Waals surface area contributed by atoms with Crippen molar-refractivity contribution in [3.63, 3.8) is 0 Å². The minimum Gasteiger partial charge on any atom is -0.465 e. The van der Waals surface area contributed by atoms with E-state index in [0.29, 0.717) is 16.7 Å². The van der Waals surface area contributed by atoms with E-state index in [1.165, 1.54) is 0 Å². The van der Waals surface area contributed by atoms with Crippen molar-refractivity contribution in [3.8, 4) is 0 Å². The summed E-state index contributed by atoms with van der Waals surface area (Å²) in [6.45, 7) is 5.70. The van der Waals surface area contributed by atoms with Crippen molar-refractivity contribution in [2.75, 3.05) is 19.8 Å². The topological polar surface area (TPSA) is 96.0 Å². The molecule has 2 aliphatic rings. The number of allylic oxidation sites excluding steroid dienone is 2. The summed E-state index contributed by atoms with van der Waals surface area (Å²) in [4.78, 5) is 50.1. The van der Waals surface area contributed by atoms with Gasteiger partial charge in [0.1, 0.15) is 0 Å². The van der Waals surface area contributed by atoms with E-state index in [0.717, 1.165) is 5.57 Å². The fourth-order valence-electron chi connectivity index (χ4n) is 4.34. The van der Waals surface area contributed by atoms with Gasteiger partial charge in [-0.3, -0.25) is 14.4 Å². The van der Waals surface area contributed by atoms with E-state index >= 15 is 0 Å². The molecule has 1 fully saturated rings. The summed E-state index contributed by atoms with van der Waals surface area (Å²) >= 11 is 0. The maximum absolute atomic E-state index is 12.7. The van der Waals surface area contributed by atoms with Crippen LogP contribution in [0.4, 0.5) is 0 Å². The minimum atomic E-state index is -1.41. The minimum absolute atomic E-state index is 0.0276. The van der Waals surface area contributed by atoms with Crippen LogP contribution in [0.2, 0.25) is 0 Å². The van der Waals surface area contributed by atoms with Crippen molar-refractivity contribution in [3.05, 3.63) is 41.0 Å². The highest BCUT2D eigenvalue weighted by Crippen LogP contribution is 2.54. The van der Waals surface area contributed by atoms with E-state index in [1.54, 1.807) is 45.0 Å². The fourth-order valence-corrected chi connectivity index (χ4v) is 4.34. The first-order chi connectivity index (χ1) is 14.4. The van der Waals surface area contributed by atoms with Gasteiger partial charge in [0.15, 0.2) is 11.2 Å². The predicted molar refractivity (Wildman–Crippen MR) is 107 cm³/mol. The molecule has 7 nitrogen and oxygen atoms in total. The molecule has 0 amide bonds. The molecule has 7 heteroatoms. The van der Waals surface area contributed by atoms with E-state index in [4.69, 9.17) is 14.2 Å². The molecular formula is C23H26O7. The highest BCUT2D eigenvalue weighted by atomic mass is 16.6. The smallest absolute Gasteiger partial charge is 0.338 e. The molecule has 160 valence electrons. The Labute approximate surface area is 175 Å². The van der Waals surface area contributed by atoms with Gasteiger partial charge in [0.05, 0.1) is 25.4 Å². The summed E-state index contributed by atoms with van der Waals surface area (Å²) in [6, 6.07) is 6.62. The van der Waals surface area contributed by atoms with E-state index in [2.05, 4.69) is 0 Å². The SMILES string of the molecule is CCOC(=O)c1ccc(C2=C3CC(C(=O)OCC)(C(=O)OCC)CC3CC2=O)cc1. The lowest BCUT2D eigenvalue weighted by atomic mass is 9.83. The van der Waals surface area contributed by atoms with Crippen molar-refractivity contribution < 1.29 is 33.4 Å². The number of carbonyl (C=O) groups excluding carboxylic acids is 4. The molecule has 0 saturated heterocycles. The molecule has 0 aliphatic heterocycles. The molecule has 3 rings (SSSR count). The summed E-state index contributed by atoms with van der Waals surface area (Å²) < 4.78 is 15.4. The average Bonchev–Trinajstić information content (AvgIpc) is 3.23. The third-order valence-electron chi connectivity index (χ3n) is 5.63. The number of benzene rings is 1. The first-order valence-corrected chi connectivity index (χ1v) is 10.3. The van der Waals surface area contributed by atoms with Crippen LogP contribution in [0, 0.1) is 11.3 Å². The number of Topliss-reactive ketones (excluding diaryl/α,β-unsaturated/α-hetero) is 1. The summed E-state index contributed by atoms with van der Waals surface area (Å²) in [5.41, 5.74) is 0.944. The van der Waals surface area contributed by atoms with Gasteiger partial charge in [-0.05, 0) is 57.2 Å². The second-order valence-electron chi connectivity index (χ2n) is 7.43. The van der Waals surface area contributed by atoms with E-state index in [-0.39, 0.29) is 50.8 Å². The Balaban J connectivity index is 1.97. The Morgan fingerprint density at radius 1 is 0.933 bits per heavy atom. The Morgan fingerprint density at radius 3 is 2.03 bits per heavy atom. The number of ether oxygens (including phenoxy) is 3. The molecule has 0 bridgehead atoms. The van der Waals surface area contributed by atoms with Crippen LogP contribution in [-0.4, -0.2) is 43.5 Å². The van der Waals surface area contributed by atoms with Gasteiger partial charge in [-0.15, -0.1) is 0 Å². The molecule has 0 heterocycles. The first-order valence-electron chi connectivity index (χ1n) is 10.3. The van der Waals surface area contributed by atoms with Gasteiger partial charge < -0.3 is 14.2 Å². The third kappa shape index (κ3) is 3.76. The van der Waals surface area contributed by atoms with Crippen LogP contribution in [0.1, 0.15) is 56.0 Å². The van der Waals surface area contributed by atoms with Gasteiger partial charge in [0.2, 0.25) is 0 Å². The standard InChI is InChI=1S/C23H26O7/c1-4-28-20(25)15-9-7-14(8-10-15)19-17-13-23(21(26)29-5-2,22(27)30-6-3)12-16(17)11-18(19)24/h7-10,16H,4-6,11-13H2,1-3H3. The van der Waals surface area contributed by atoms with Crippen molar-refractivity contribution in [1.29, 1.82) is 0 Å². The summed E-state index contributed by atoms with van der Waals surface area (Å²) in [6.07, 6.45) is 0.553. The maximum atomic E-state index is 12.7. The van der Waals surface area contributed by atoms with Gasteiger partial charge >= 0.3 is 17.9 Å². The number of esters is 3. The van der Waals surface area contributed by atoms with Gasteiger partial charge in [-0.1, -0.05) is 17.7 Å². The fraction of sp³-hybridized carbons (Fsp3) is 0.478. The Morgan fingerprint density at radius 2 is 1.50 bits per heavy atom. The molecule has 30 heavy (non-hydrogen) atoms. The molecular weight excluding hydrogens is 388 g/mol. The van der Waals surface area contributed by atoms with E-state index in [1.807, 2.05) is 0 Å². The van der Waals surface area contributed by atoms with Crippen LogP contribution in [0.15, 0.2) is 29.8 Å². The maximum Gasteiger partial charge on any atom is 0.338 e. The van der Waals surface area contributed by atoms with Crippen LogP contribution in [0.3, 0.4) is 0 Å². The highest BCUT2D eigenvalue weighted by molar-refractivity contribution is 6.24. The number of hydrogen-bond donors (Lipinski definition) is 0. The zero-order chi connectivity index (χ0) is 21.9. The van der Waals surface area contributed by atoms with Gasteiger partial charge in [-0.25, -0.2) is 4.79 Å². The highest BCUT2D eigenvalue weighted by Gasteiger charge is 2.58. The first kappa shape index (κ1) is 21.7. The van der Waals surface area contributed by atoms with Gasteiger partial charge in [0.25, 0.3) is 0 Å². The molecule has 0 N–H and O–H groups in total. The van der Waals surface area contributed by atoms with Crippen LogP contribution >= 0.6 is 0 Å². The lowest BCUT2D eigenvalue weighted by Gasteiger charge is -2.24. The second-order valence-corrected chi connectivity index (χ2v) is 7.43. The van der Waals surface area contributed by atoms with Gasteiger partial charge in [0, 0.05) is 12.0 Å². The zero-order valence-electron chi connectivity index (χ0n) is 17.5. The van der Waals surface area contributed by atoms with Crippen molar-refractivity contribution in [2.45, 2.75) is 40.0 Å². The molecule has 1 atom stereocenters. The average molecular weight is 414 g/mol. The molecule has 1 aromatic carbocycles. The lowest BCUT2D eigenvalue weighted by Crippen LogP contribution is -2.40. The predicted octanol–water partition coefficient (Wildman–Crippen LogP) is 3.11. The Bertz CT molecular complexity index is 877. The molecule has 0 spiro atoms. The van der Waals surface area contributed by atoms with Crippen molar-refractivity contribution in [1.82, 2.24) is 0 Å². The number of ketones is 1. The molecule has 2 aliphatic carbocycles.